The molecule has 0 unspecified atom stereocenters. The molecule has 0 spiro atoms. The highest BCUT2D eigenvalue weighted by Crippen LogP contribution is 2.14. The van der Waals surface area contributed by atoms with E-state index in [4.69, 9.17) is 11.1 Å². The summed E-state index contributed by atoms with van der Waals surface area (Å²) in [6, 6.07) is 16.6. The summed E-state index contributed by atoms with van der Waals surface area (Å²) in [5.74, 6) is 0.498. The van der Waals surface area contributed by atoms with Crippen LogP contribution in [0.15, 0.2) is 54.6 Å². The zero-order valence-electron chi connectivity index (χ0n) is 11.2. The number of carbonyl (C=O) groups is 1. The molecule has 4 nitrogen and oxygen atoms in total. The number of halogens is 1. The van der Waals surface area contributed by atoms with Gasteiger partial charge in [-0.1, -0.05) is 42.1 Å². The molecule has 0 bridgehead atoms. The molecule has 0 heterocycles. The van der Waals surface area contributed by atoms with E-state index in [1.807, 2.05) is 42.5 Å². The van der Waals surface area contributed by atoms with Crippen molar-refractivity contribution in [3.8, 4) is 0 Å². The van der Waals surface area contributed by atoms with Crippen molar-refractivity contribution in [3.63, 3.8) is 0 Å². The van der Waals surface area contributed by atoms with Crippen molar-refractivity contribution in [1.29, 1.82) is 5.41 Å². The van der Waals surface area contributed by atoms with Gasteiger partial charge in [-0.25, -0.2) is 0 Å². The molecule has 0 aliphatic carbocycles. The number of nitrogens with one attached hydrogen (secondary N) is 2. The fourth-order valence-electron chi connectivity index (χ4n) is 1.64. The van der Waals surface area contributed by atoms with E-state index in [0.717, 1.165) is 11.3 Å². The number of para-hydroxylation sites is 1. The molecule has 6 heteroatoms. The Labute approximate surface area is 134 Å². The van der Waals surface area contributed by atoms with Gasteiger partial charge < -0.3 is 11.1 Å². The molecule has 2 aromatic carbocycles. The second kappa shape index (κ2) is 8.34. The average Bonchev–Trinajstić information content (AvgIpc) is 2.46. The van der Waals surface area contributed by atoms with Crippen LogP contribution >= 0.6 is 24.2 Å². The number of rotatable bonds is 4. The summed E-state index contributed by atoms with van der Waals surface area (Å²) in [6.07, 6.45) is 0. The van der Waals surface area contributed by atoms with Gasteiger partial charge in [-0.15, -0.1) is 12.4 Å². The summed E-state index contributed by atoms with van der Waals surface area (Å²) in [5.41, 5.74) is 7.69. The van der Waals surface area contributed by atoms with Crippen LogP contribution < -0.4 is 11.1 Å². The third-order valence-electron chi connectivity index (χ3n) is 2.64. The molecule has 0 aromatic heterocycles. The number of anilines is 1. The monoisotopic (exact) mass is 321 g/mol. The first kappa shape index (κ1) is 17.1. The van der Waals surface area contributed by atoms with E-state index in [-0.39, 0.29) is 23.5 Å². The lowest BCUT2D eigenvalue weighted by atomic mass is 10.1. The van der Waals surface area contributed by atoms with Crippen molar-refractivity contribution >= 4 is 40.9 Å². The van der Waals surface area contributed by atoms with E-state index in [1.54, 1.807) is 12.1 Å². The van der Waals surface area contributed by atoms with Crippen LogP contribution in [0.5, 0.6) is 0 Å². The Kier molecular flexibility index (Phi) is 6.78. The summed E-state index contributed by atoms with van der Waals surface area (Å²) in [6.45, 7) is 0. The lowest BCUT2D eigenvalue weighted by molar-refractivity contribution is 0.102. The van der Waals surface area contributed by atoms with Crippen LogP contribution in [0, 0.1) is 5.41 Å². The third-order valence-corrected chi connectivity index (χ3v) is 3.43. The lowest BCUT2D eigenvalue weighted by Crippen LogP contribution is -2.11. The Morgan fingerprint density at radius 1 is 1.10 bits per heavy atom. The summed E-state index contributed by atoms with van der Waals surface area (Å²) in [7, 11) is 0. The minimum Gasteiger partial charge on any atom is -0.379 e. The Morgan fingerprint density at radius 3 is 2.29 bits per heavy atom. The second-order valence-corrected chi connectivity index (χ2v) is 5.19. The van der Waals surface area contributed by atoms with E-state index in [0.29, 0.717) is 11.3 Å². The summed E-state index contributed by atoms with van der Waals surface area (Å²) in [5, 5.41) is 10.1. The molecule has 0 radical (unpaired) electrons. The molecule has 0 fully saturated rings. The third kappa shape index (κ3) is 5.49. The number of amidine groups is 1. The Bertz CT molecular complexity index is 602. The second-order valence-electron chi connectivity index (χ2n) is 4.17. The van der Waals surface area contributed by atoms with Crippen molar-refractivity contribution in [2.45, 2.75) is 5.75 Å². The maximum Gasteiger partial charge on any atom is 0.255 e. The maximum absolute atomic E-state index is 12.0. The number of thioether (sulfide) groups is 1. The lowest BCUT2D eigenvalue weighted by Gasteiger charge is -2.06. The minimum absolute atomic E-state index is 0. The van der Waals surface area contributed by atoms with Gasteiger partial charge in [0, 0.05) is 17.0 Å². The molecule has 0 aliphatic rings. The Hall–Kier alpha value is -1.98. The molecule has 0 saturated heterocycles. The minimum atomic E-state index is -0.137. The summed E-state index contributed by atoms with van der Waals surface area (Å²) >= 11 is 1.26. The maximum atomic E-state index is 12.0. The zero-order valence-corrected chi connectivity index (χ0v) is 12.8. The van der Waals surface area contributed by atoms with Gasteiger partial charge >= 0.3 is 0 Å². The van der Waals surface area contributed by atoms with Gasteiger partial charge in [-0.05, 0) is 29.8 Å². The van der Waals surface area contributed by atoms with Crippen LogP contribution in [0.3, 0.4) is 0 Å². The van der Waals surface area contributed by atoms with Crippen LogP contribution in [-0.2, 0) is 5.75 Å². The first-order valence-electron chi connectivity index (χ1n) is 6.07. The normalized spacial score (nSPS) is 9.52. The average molecular weight is 322 g/mol. The molecule has 110 valence electrons. The Morgan fingerprint density at radius 2 is 1.71 bits per heavy atom. The first-order valence-corrected chi connectivity index (χ1v) is 7.06. The molecular formula is C15H16ClN3OS. The molecule has 4 N–H and O–H groups in total. The summed E-state index contributed by atoms with van der Waals surface area (Å²) in [4.78, 5) is 12.0. The van der Waals surface area contributed by atoms with Gasteiger partial charge in [-0.3, -0.25) is 10.2 Å². The van der Waals surface area contributed by atoms with Gasteiger partial charge in [-0.2, -0.15) is 0 Å². The quantitative estimate of drug-likeness (QED) is 0.595. The fourth-order valence-corrected chi connectivity index (χ4v) is 2.15. The van der Waals surface area contributed by atoms with E-state index in [1.165, 1.54) is 11.8 Å². The van der Waals surface area contributed by atoms with Gasteiger partial charge in [0.05, 0.1) is 0 Å². The highest BCUT2D eigenvalue weighted by atomic mass is 35.5. The zero-order chi connectivity index (χ0) is 14.4. The van der Waals surface area contributed by atoms with Gasteiger partial charge in [0.2, 0.25) is 0 Å². The molecule has 2 aromatic rings. The van der Waals surface area contributed by atoms with Crippen molar-refractivity contribution in [2.75, 3.05) is 5.32 Å². The topological polar surface area (TPSA) is 79.0 Å². The predicted molar refractivity (Wildman–Crippen MR) is 91.3 cm³/mol. The number of hydrogen-bond donors (Lipinski definition) is 3. The van der Waals surface area contributed by atoms with E-state index in [9.17, 15) is 4.79 Å². The smallest absolute Gasteiger partial charge is 0.255 e. The molecule has 0 atom stereocenters. The number of carbonyl (C=O) groups excluding carboxylic acids is 1. The Balaban J connectivity index is 0.00000220. The van der Waals surface area contributed by atoms with E-state index in [2.05, 4.69) is 5.32 Å². The molecule has 2 rings (SSSR count). The molecule has 1 amide bonds. The SMILES string of the molecule is Cl.N=C(N)SCc1ccc(C(=O)Nc2ccccc2)cc1. The highest BCUT2D eigenvalue weighted by molar-refractivity contribution is 8.13. The number of hydrogen-bond acceptors (Lipinski definition) is 3. The van der Waals surface area contributed by atoms with Crippen molar-refractivity contribution < 1.29 is 4.79 Å². The van der Waals surface area contributed by atoms with Crippen LogP contribution in [0.1, 0.15) is 15.9 Å². The van der Waals surface area contributed by atoms with Crippen molar-refractivity contribution in [3.05, 3.63) is 65.7 Å². The molecular weight excluding hydrogens is 306 g/mol. The standard InChI is InChI=1S/C15H15N3OS.ClH/c16-15(17)20-10-11-6-8-12(9-7-11)14(19)18-13-4-2-1-3-5-13;/h1-9H,10H2,(H3,16,17)(H,18,19);1H. The number of amides is 1. The van der Waals surface area contributed by atoms with Gasteiger partial charge in [0.1, 0.15) is 0 Å². The van der Waals surface area contributed by atoms with E-state index >= 15 is 0 Å². The van der Waals surface area contributed by atoms with E-state index < -0.39 is 0 Å². The van der Waals surface area contributed by atoms with Crippen molar-refractivity contribution in [1.82, 2.24) is 0 Å². The molecule has 21 heavy (non-hydrogen) atoms. The van der Waals surface area contributed by atoms with Crippen LogP contribution in [0.25, 0.3) is 0 Å². The number of benzene rings is 2. The van der Waals surface area contributed by atoms with Crippen LogP contribution in [0.2, 0.25) is 0 Å². The largest absolute Gasteiger partial charge is 0.379 e. The molecule has 0 saturated carbocycles. The molecule has 0 aliphatic heterocycles. The van der Waals surface area contributed by atoms with Crippen LogP contribution in [-0.4, -0.2) is 11.1 Å². The van der Waals surface area contributed by atoms with Crippen LogP contribution in [0.4, 0.5) is 5.69 Å². The predicted octanol–water partition coefficient (Wildman–Crippen LogP) is 3.49. The highest BCUT2D eigenvalue weighted by Gasteiger charge is 2.05. The number of nitrogens with two attached hydrogens (primary N) is 1. The van der Waals surface area contributed by atoms with Crippen molar-refractivity contribution in [2.24, 2.45) is 5.73 Å². The summed E-state index contributed by atoms with van der Waals surface area (Å²) < 4.78 is 0. The first-order chi connectivity index (χ1) is 9.65. The van der Waals surface area contributed by atoms with Gasteiger partial charge in [0.15, 0.2) is 5.17 Å². The fraction of sp³-hybridized carbons (Fsp3) is 0.0667. The van der Waals surface area contributed by atoms with Gasteiger partial charge in [0.25, 0.3) is 5.91 Å².